The lowest BCUT2D eigenvalue weighted by Gasteiger charge is -2.24. The third-order valence-electron chi connectivity index (χ3n) is 4.41. The normalized spacial score (nSPS) is 15.8. The number of nitrogens with one attached hydrogen (secondary N) is 1. The van der Waals surface area contributed by atoms with Gasteiger partial charge >= 0.3 is 0 Å². The molecule has 0 radical (unpaired) electrons. The van der Waals surface area contributed by atoms with Crippen molar-refractivity contribution in [3.05, 3.63) is 59.7 Å². The number of fused-ring (bicyclic) bond motifs is 1. The van der Waals surface area contributed by atoms with Crippen molar-refractivity contribution in [3.8, 4) is 11.5 Å². The second-order valence-electron chi connectivity index (χ2n) is 6.38. The van der Waals surface area contributed by atoms with E-state index >= 15 is 0 Å². The summed E-state index contributed by atoms with van der Waals surface area (Å²) in [5, 5.41) is 3.01. The summed E-state index contributed by atoms with van der Waals surface area (Å²) in [5.74, 6) is 1.68. The number of benzene rings is 2. The largest absolute Gasteiger partial charge is 0.494 e. The number of hydrogen-bond acceptors (Lipinski definition) is 3. The summed E-state index contributed by atoms with van der Waals surface area (Å²) in [4.78, 5) is 12.4. The van der Waals surface area contributed by atoms with Gasteiger partial charge in [0.15, 0.2) is 0 Å². The van der Waals surface area contributed by atoms with E-state index in [-0.39, 0.29) is 11.8 Å². The van der Waals surface area contributed by atoms with Crippen molar-refractivity contribution in [1.29, 1.82) is 0 Å². The van der Waals surface area contributed by atoms with Gasteiger partial charge in [0.2, 0.25) is 5.91 Å². The number of hydrogen-bond donors (Lipinski definition) is 1. The van der Waals surface area contributed by atoms with Crippen LogP contribution in [0.5, 0.6) is 11.5 Å². The monoisotopic (exact) mass is 339 g/mol. The van der Waals surface area contributed by atoms with Gasteiger partial charge in [-0.2, -0.15) is 0 Å². The predicted molar refractivity (Wildman–Crippen MR) is 97.8 cm³/mol. The van der Waals surface area contributed by atoms with Gasteiger partial charge in [-0.3, -0.25) is 4.79 Å². The van der Waals surface area contributed by atoms with Crippen molar-refractivity contribution >= 4 is 5.91 Å². The minimum absolute atomic E-state index is 0.0396. The summed E-state index contributed by atoms with van der Waals surface area (Å²) < 4.78 is 11.3. The fourth-order valence-electron chi connectivity index (χ4n) is 2.87. The number of ether oxygens (including phenoxy) is 2. The molecule has 2 aromatic rings. The Morgan fingerprint density at radius 3 is 2.80 bits per heavy atom. The predicted octanol–water partition coefficient (Wildman–Crippen LogP) is 3.73. The van der Waals surface area contributed by atoms with Gasteiger partial charge in [-0.25, -0.2) is 0 Å². The van der Waals surface area contributed by atoms with E-state index in [0.717, 1.165) is 48.5 Å². The van der Waals surface area contributed by atoms with E-state index in [1.54, 1.807) is 0 Å². The highest BCUT2D eigenvalue weighted by Gasteiger charge is 2.25. The van der Waals surface area contributed by atoms with Crippen molar-refractivity contribution in [2.45, 2.75) is 32.7 Å². The van der Waals surface area contributed by atoms with E-state index in [4.69, 9.17) is 9.47 Å². The van der Waals surface area contributed by atoms with Gasteiger partial charge in [-0.15, -0.1) is 0 Å². The Hall–Kier alpha value is -2.49. The molecule has 0 fully saturated rings. The number of carbonyl (C=O) groups excluding carboxylic acids is 1. The van der Waals surface area contributed by atoms with Crippen molar-refractivity contribution in [1.82, 2.24) is 5.32 Å². The number of carbonyl (C=O) groups is 1. The molecule has 0 spiro atoms. The molecule has 3 rings (SSSR count). The summed E-state index contributed by atoms with van der Waals surface area (Å²) in [7, 11) is 0. The second-order valence-corrected chi connectivity index (χ2v) is 6.38. The highest BCUT2D eigenvalue weighted by Crippen LogP contribution is 2.26. The summed E-state index contributed by atoms with van der Waals surface area (Å²) in [6.45, 7) is 3.85. The van der Waals surface area contributed by atoms with E-state index in [1.165, 1.54) is 0 Å². The Balaban J connectivity index is 1.48. The lowest BCUT2D eigenvalue weighted by Crippen LogP contribution is -2.37. The molecule has 1 aliphatic rings. The van der Waals surface area contributed by atoms with Crippen molar-refractivity contribution in [3.63, 3.8) is 0 Å². The van der Waals surface area contributed by atoms with Crippen LogP contribution in [0.4, 0.5) is 0 Å². The number of amides is 1. The quantitative estimate of drug-likeness (QED) is 0.782. The zero-order chi connectivity index (χ0) is 17.5. The molecule has 1 aliphatic heterocycles. The first-order chi connectivity index (χ1) is 12.3. The Morgan fingerprint density at radius 1 is 1.20 bits per heavy atom. The Kier molecular flexibility index (Phi) is 5.94. The van der Waals surface area contributed by atoms with Crippen LogP contribution in [0.15, 0.2) is 48.5 Å². The molecule has 0 aliphatic carbocycles. The molecule has 4 nitrogen and oxygen atoms in total. The van der Waals surface area contributed by atoms with Crippen LogP contribution in [0.2, 0.25) is 0 Å². The average Bonchev–Trinajstić information content (AvgIpc) is 2.67. The minimum Gasteiger partial charge on any atom is -0.494 e. The van der Waals surface area contributed by atoms with E-state index in [9.17, 15) is 4.79 Å². The van der Waals surface area contributed by atoms with Crippen LogP contribution >= 0.6 is 0 Å². The molecule has 1 atom stereocenters. The molecular weight excluding hydrogens is 314 g/mol. The summed E-state index contributed by atoms with van der Waals surface area (Å²) in [6, 6.07) is 15.8. The van der Waals surface area contributed by atoms with Gasteiger partial charge in [-0.1, -0.05) is 43.7 Å². The van der Waals surface area contributed by atoms with Gasteiger partial charge in [0.05, 0.1) is 12.5 Å². The molecule has 1 N–H and O–H groups in total. The van der Waals surface area contributed by atoms with Gasteiger partial charge in [0.1, 0.15) is 18.1 Å². The Labute approximate surface area is 149 Å². The molecule has 132 valence electrons. The number of rotatable bonds is 7. The van der Waals surface area contributed by atoms with E-state index < -0.39 is 0 Å². The molecular formula is C21H25NO3. The van der Waals surface area contributed by atoms with Gasteiger partial charge in [0.25, 0.3) is 0 Å². The molecule has 4 heteroatoms. The second kappa shape index (κ2) is 8.56. The van der Waals surface area contributed by atoms with Crippen LogP contribution in [0.25, 0.3) is 0 Å². The lowest BCUT2D eigenvalue weighted by molar-refractivity contribution is -0.126. The molecule has 0 aromatic heterocycles. The molecule has 0 bridgehead atoms. The van der Waals surface area contributed by atoms with E-state index in [1.807, 2.05) is 48.5 Å². The summed E-state index contributed by atoms with van der Waals surface area (Å²) >= 11 is 0. The van der Waals surface area contributed by atoms with Crippen LogP contribution in [-0.4, -0.2) is 19.1 Å². The molecule has 1 heterocycles. The van der Waals surface area contributed by atoms with Crippen molar-refractivity contribution in [2.24, 2.45) is 5.92 Å². The highest BCUT2D eigenvalue weighted by atomic mass is 16.5. The molecule has 0 saturated carbocycles. The number of para-hydroxylation sites is 1. The zero-order valence-electron chi connectivity index (χ0n) is 14.7. The maximum atomic E-state index is 12.4. The first-order valence-electron chi connectivity index (χ1n) is 8.96. The lowest BCUT2D eigenvalue weighted by atomic mass is 9.96. The maximum Gasteiger partial charge on any atom is 0.227 e. The van der Waals surface area contributed by atoms with E-state index in [0.29, 0.717) is 13.2 Å². The number of unbranched alkanes of at least 4 members (excludes halogenated alkanes) is 1. The Bertz CT molecular complexity index is 697. The highest BCUT2D eigenvalue weighted by molar-refractivity contribution is 5.79. The van der Waals surface area contributed by atoms with Crippen LogP contribution < -0.4 is 14.8 Å². The minimum atomic E-state index is -0.133. The zero-order valence-corrected chi connectivity index (χ0v) is 14.7. The smallest absolute Gasteiger partial charge is 0.227 e. The SMILES string of the molecule is CCCCOc1ccc(CNC(=O)[C@H]2COc3ccccc3C2)cc1. The molecule has 2 aromatic carbocycles. The first-order valence-corrected chi connectivity index (χ1v) is 8.96. The topological polar surface area (TPSA) is 47.6 Å². The van der Waals surface area contributed by atoms with Crippen LogP contribution in [-0.2, 0) is 17.8 Å². The summed E-state index contributed by atoms with van der Waals surface area (Å²) in [6.07, 6.45) is 2.91. The van der Waals surface area contributed by atoms with E-state index in [2.05, 4.69) is 12.2 Å². The van der Waals surface area contributed by atoms with Crippen LogP contribution in [0.3, 0.4) is 0 Å². The fraction of sp³-hybridized carbons (Fsp3) is 0.381. The van der Waals surface area contributed by atoms with Crippen LogP contribution in [0, 0.1) is 5.92 Å². The van der Waals surface area contributed by atoms with Crippen LogP contribution in [0.1, 0.15) is 30.9 Å². The average molecular weight is 339 g/mol. The van der Waals surface area contributed by atoms with Gasteiger partial charge < -0.3 is 14.8 Å². The maximum absolute atomic E-state index is 12.4. The van der Waals surface area contributed by atoms with Gasteiger partial charge in [-0.05, 0) is 42.2 Å². The third kappa shape index (κ3) is 4.75. The molecule has 25 heavy (non-hydrogen) atoms. The molecule has 1 amide bonds. The Morgan fingerprint density at radius 2 is 2.00 bits per heavy atom. The molecule has 0 saturated heterocycles. The molecule has 0 unspecified atom stereocenters. The summed E-state index contributed by atoms with van der Waals surface area (Å²) in [5.41, 5.74) is 2.16. The van der Waals surface area contributed by atoms with Crippen molar-refractivity contribution in [2.75, 3.05) is 13.2 Å². The van der Waals surface area contributed by atoms with Gasteiger partial charge in [0, 0.05) is 6.54 Å². The third-order valence-corrected chi connectivity index (χ3v) is 4.41. The standard InChI is InChI=1S/C21H25NO3/c1-2-3-12-24-19-10-8-16(9-11-19)14-22-21(23)18-13-17-6-4-5-7-20(17)25-15-18/h4-11,18H,2-3,12-15H2,1H3,(H,22,23)/t18-/m1/s1. The first kappa shape index (κ1) is 17.3. The fourth-order valence-corrected chi connectivity index (χ4v) is 2.87. The van der Waals surface area contributed by atoms with Crippen molar-refractivity contribution < 1.29 is 14.3 Å².